The summed E-state index contributed by atoms with van der Waals surface area (Å²) in [7, 11) is 1.78. The molecule has 0 atom stereocenters. The highest BCUT2D eigenvalue weighted by Gasteiger charge is 2.15. The molecule has 0 radical (unpaired) electrons. The number of nitrogens with one attached hydrogen (secondary N) is 1. The Morgan fingerprint density at radius 3 is 2.89 bits per heavy atom. The summed E-state index contributed by atoms with van der Waals surface area (Å²) >= 11 is 0. The van der Waals surface area contributed by atoms with Gasteiger partial charge in [-0.1, -0.05) is 6.07 Å². The Hall–Kier alpha value is -2.37. The van der Waals surface area contributed by atoms with Crippen LogP contribution in [0, 0.1) is 5.82 Å². The van der Waals surface area contributed by atoms with Crippen LogP contribution in [-0.4, -0.2) is 20.9 Å². The highest BCUT2D eigenvalue weighted by atomic mass is 19.1. The maximum Gasteiger partial charge on any atom is 0.340 e. The monoisotopic (exact) mass is 249 g/mol. The van der Waals surface area contributed by atoms with Crippen molar-refractivity contribution in [2.24, 2.45) is 7.05 Å². The average Bonchev–Trinajstić information content (AvgIpc) is 2.71. The van der Waals surface area contributed by atoms with Gasteiger partial charge in [0.1, 0.15) is 11.4 Å². The predicted molar refractivity (Wildman–Crippen MR) is 63.9 cm³/mol. The lowest BCUT2D eigenvalue weighted by atomic mass is 10.1. The van der Waals surface area contributed by atoms with Crippen molar-refractivity contribution in [1.82, 2.24) is 9.78 Å². The number of carboxylic acids is 1. The minimum atomic E-state index is -1.29. The number of carboxylic acid groups (broad SMARTS) is 1. The molecule has 6 heteroatoms. The number of benzene rings is 1. The van der Waals surface area contributed by atoms with Crippen molar-refractivity contribution in [3.63, 3.8) is 0 Å². The van der Waals surface area contributed by atoms with E-state index in [4.69, 9.17) is 5.11 Å². The van der Waals surface area contributed by atoms with E-state index < -0.39 is 11.8 Å². The molecule has 0 amide bonds. The Morgan fingerprint density at radius 1 is 1.50 bits per heavy atom. The van der Waals surface area contributed by atoms with Gasteiger partial charge < -0.3 is 10.4 Å². The SMILES string of the molecule is Cn1nccc1CNc1cccc(F)c1C(=O)O. The zero-order chi connectivity index (χ0) is 13.1. The molecule has 0 bridgehead atoms. The Labute approximate surface area is 103 Å². The normalized spacial score (nSPS) is 10.3. The van der Waals surface area contributed by atoms with Gasteiger partial charge in [0.15, 0.2) is 0 Å². The molecule has 0 aliphatic rings. The van der Waals surface area contributed by atoms with Crippen LogP contribution in [0.1, 0.15) is 16.1 Å². The van der Waals surface area contributed by atoms with Crippen LogP contribution in [0.2, 0.25) is 0 Å². The summed E-state index contributed by atoms with van der Waals surface area (Å²) in [6.45, 7) is 0.375. The van der Waals surface area contributed by atoms with E-state index in [-0.39, 0.29) is 11.3 Å². The van der Waals surface area contributed by atoms with E-state index in [1.54, 1.807) is 24.0 Å². The molecule has 0 unspecified atom stereocenters. The van der Waals surface area contributed by atoms with Crippen molar-refractivity contribution in [3.05, 3.63) is 47.5 Å². The number of carbonyl (C=O) groups is 1. The number of hydrogen-bond acceptors (Lipinski definition) is 3. The van der Waals surface area contributed by atoms with Crippen molar-refractivity contribution in [1.29, 1.82) is 0 Å². The van der Waals surface area contributed by atoms with E-state index in [2.05, 4.69) is 10.4 Å². The van der Waals surface area contributed by atoms with E-state index in [1.807, 2.05) is 0 Å². The van der Waals surface area contributed by atoms with E-state index >= 15 is 0 Å². The Kier molecular flexibility index (Phi) is 3.27. The molecular formula is C12H12FN3O2. The van der Waals surface area contributed by atoms with Crippen molar-refractivity contribution < 1.29 is 14.3 Å². The van der Waals surface area contributed by atoms with Crippen molar-refractivity contribution >= 4 is 11.7 Å². The molecule has 1 aromatic carbocycles. The molecule has 2 N–H and O–H groups in total. The van der Waals surface area contributed by atoms with Crippen molar-refractivity contribution in [3.8, 4) is 0 Å². The number of aromatic nitrogens is 2. The smallest absolute Gasteiger partial charge is 0.340 e. The second-order valence-corrected chi connectivity index (χ2v) is 3.77. The first kappa shape index (κ1) is 12.1. The van der Waals surface area contributed by atoms with Crippen LogP contribution in [0.25, 0.3) is 0 Å². The summed E-state index contributed by atoms with van der Waals surface area (Å²) < 4.78 is 15.1. The van der Waals surface area contributed by atoms with Gasteiger partial charge in [0.2, 0.25) is 0 Å². The number of anilines is 1. The number of hydrogen-bond donors (Lipinski definition) is 2. The van der Waals surface area contributed by atoms with Crippen LogP contribution in [0.4, 0.5) is 10.1 Å². The van der Waals surface area contributed by atoms with Gasteiger partial charge in [0.25, 0.3) is 0 Å². The third-order valence-corrected chi connectivity index (χ3v) is 2.61. The van der Waals surface area contributed by atoms with Gasteiger partial charge in [-0.05, 0) is 18.2 Å². The number of rotatable bonds is 4. The van der Waals surface area contributed by atoms with E-state index in [1.165, 1.54) is 12.1 Å². The molecular weight excluding hydrogens is 237 g/mol. The number of aromatic carboxylic acids is 1. The largest absolute Gasteiger partial charge is 0.478 e. The third kappa shape index (κ3) is 2.32. The molecule has 0 saturated carbocycles. The lowest BCUT2D eigenvalue weighted by Crippen LogP contribution is -2.10. The van der Waals surface area contributed by atoms with Crippen LogP contribution in [-0.2, 0) is 13.6 Å². The standard InChI is InChI=1S/C12H12FN3O2/c1-16-8(5-6-15-16)7-14-10-4-2-3-9(13)11(10)12(17)18/h2-6,14H,7H2,1H3,(H,17,18). The van der Waals surface area contributed by atoms with Gasteiger partial charge in [0, 0.05) is 13.2 Å². The fourth-order valence-corrected chi connectivity index (χ4v) is 1.65. The summed E-state index contributed by atoms with van der Waals surface area (Å²) in [6, 6.07) is 5.92. The second kappa shape index (κ2) is 4.87. The number of halogens is 1. The van der Waals surface area contributed by atoms with E-state index in [9.17, 15) is 9.18 Å². The third-order valence-electron chi connectivity index (χ3n) is 2.61. The topological polar surface area (TPSA) is 67.2 Å². The molecule has 1 aromatic heterocycles. The Morgan fingerprint density at radius 2 is 2.28 bits per heavy atom. The van der Waals surface area contributed by atoms with Crippen molar-refractivity contribution in [2.45, 2.75) is 6.54 Å². The molecule has 0 aliphatic carbocycles. The summed E-state index contributed by atoms with van der Waals surface area (Å²) in [4.78, 5) is 11.0. The van der Waals surface area contributed by atoms with Gasteiger partial charge in [-0.3, -0.25) is 4.68 Å². The summed E-state index contributed by atoms with van der Waals surface area (Å²) in [5, 5.41) is 15.8. The van der Waals surface area contributed by atoms with Gasteiger partial charge in [0.05, 0.1) is 17.9 Å². The van der Waals surface area contributed by atoms with Crippen LogP contribution >= 0.6 is 0 Å². The maximum absolute atomic E-state index is 13.4. The molecule has 0 fully saturated rings. The first-order chi connectivity index (χ1) is 8.59. The highest BCUT2D eigenvalue weighted by Crippen LogP contribution is 2.19. The van der Waals surface area contributed by atoms with Crippen LogP contribution in [0.3, 0.4) is 0 Å². The minimum absolute atomic E-state index is 0.253. The predicted octanol–water partition coefficient (Wildman–Crippen LogP) is 1.87. The minimum Gasteiger partial charge on any atom is -0.478 e. The highest BCUT2D eigenvalue weighted by molar-refractivity contribution is 5.94. The molecule has 0 aliphatic heterocycles. The Balaban J connectivity index is 2.22. The fraction of sp³-hybridized carbons (Fsp3) is 0.167. The maximum atomic E-state index is 13.4. The zero-order valence-electron chi connectivity index (χ0n) is 9.72. The van der Waals surface area contributed by atoms with Gasteiger partial charge in [-0.15, -0.1) is 0 Å². The summed E-state index contributed by atoms with van der Waals surface area (Å²) in [5.74, 6) is -2.04. The molecule has 1 heterocycles. The molecule has 2 rings (SSSR count). The molecule has 2 aromatic rings. The fourth-order valence-electron chi connectivity index (χ4n) is 1.65. The summed E-state index contributed by atoms with van der Waals surface area (Å²) in [5.41, 5.74) is 0.777. The second-order valence-electron chi connectivity index (χ2n) is 3.77. The average molecular weight is 249 g/mol. The lowest BCUT2D eigenvalue weighted by molar-refractivity contribution is 0.0693. The van der Waals surface area contributed by atoms with Crippen LogP contribution in [0.5, 0.6) is 0 Å². The summed E-state index contributed by atoms with van der Waals surface area (Å²) in [6.07, 6.45) is 1.64. The van der Waals surface area contributed by atoms with Crippen LogP contribution < -0.4 is 5.32 Å². The molecule has 94 valence electrons. The molecule has 0 saturated heterocycles. The van der Waals surface area contributed by atoms with Gasteiger partial charge in [-0.25, -0.2) is 9.18 Å². The first-order valence-electron chi connectivity index (χ1n) is 5.32. The lowest BCUT2D eigenvalue weighted by Gasteiger charge is -2.10. The van der Waals surface area contributed by atoms with Crippen LogP contribution in [0.15, 0.2) is 30.5 Å². The molecule has 18 heavy (non-hydrogen) atoms. The number of nitrogens with zero attached hydrogens (tertiary/aromatic N) is 2. The zero-order valence-corrected chi connectivity index (χ0v) is 9.72. The Bertz CT molecular complexity index is 580. The van der Waals surface area contributed by atoms with E-state index in [0.717, 1.165) is 11.8 Å². The van der Waals surface area contributed by atoms with Gasteiger partial charge >= 0.3 is 5.97 Å². The van der Waals surface area contributed by atoms with E-state index in [0.29, 0.717) is 6.54 Å². The van der Waals surface area contributed by atoms with Crippen molar-refractivity contribution in [2.75, 3.05) is 5.32 Å². The number of aryl methyl sites for hydroxylation is 1. The molecule has 5 nitrogen and oxygen atoms in total. The quantitative estimate of drug-likeness (QED) is 0.868. The molecule has 0 spiro atoms. The first-order valence-corrected chi connectivity index (χ1v) is 5.32. The van der Waals surface area contributed by atoms with Gasteiger partial charge in [-0.2, -0.15) is 5.10 Å².